The van der Waals surface area contributed by atoms with Gasteiger partial charge in [-0.2, -0.15) is 9.97 Å². The maximum Gasteiger partial charge on any atom is 0.326 e. The average molecular weight is 633 g/mol. The van der Waals surface area contributed by atoms with Gasteiger partial charge in [-0.3, -0.25) is 14.4 Å². The molecule has 234 valence electrons. The predicted octanol–water partition coefficient (Wildman–Crippen LogP) is 0.00790. The van der Waals surface area contributed by atoms with E-state index in [4.69, 9.17) is 39.0 Å². The van der Waals surface area contributed by atoms with Gasteiger partial charge in [-0.1, -0.05) is 16.8 Å². The number of carboxylic acids is 3. The van der Waals surface area contributed by atoms with Crippen molar-refractivity contribution in [2.45, 2.75) is 44.0 Å². The first-order valence-electron chi connectivity index (χ1n) is 12.7. The number of rotatable bonds is 11. The van der Waals surface area contributed by atoms with Crippen LogP contribution in [0.1, 0.15) is 35.3 Å². The van der Waals surface area contributed by atoms with Gasteiger partial charge in [0.2, 0.25) is 5.95 Å². The quantitative estimate of drug-likeness (QED) is 0.146. The number of anilines is 3. The first-order valence-corrected chi connectivity index (χ1v) is 13.1. The average Bonchev–Trinajstić information content (AvgIpc) is 3.41. The van der Waals surface area contributed by atoms with Crippen LogP contribution in [-0.2, 0) is 25.8 Å². The van der Waals surface area contributed by atoms with Gasteiger partial charge in [-0.05, 0) is 30.7 Å². The highest BCUT2D eigenvalue weighted by atomic mass is 35.5. The number of nitrogens with one attached hydrogen (secondary N) is 1. The molecule has 0 aliphatic carbocycles. The fourth-order valence-electron chi connectivity index (χ4n) is 3.74. The number of carboxylic acid groups (broad SMARTS) is 3. The molecule has 44 heavy (non-hydrogen) atoms. The van der Waals surface area contributed by atoms with Crippen LogP contribution in [0.25, 0.3) is 11.2 Å². The largest absolute Gasteiger partial charge is 0.481 e. The Bertz CT molecular complexity index is 1570. The van der Waals surface area contributed by atoms with Crippen LogP contribution >= 0.6 is 11.6 Å². The summed E-state index contributed by atoms with van der Waals surface area (Å²) in [6, 6.07) is 4.10. The Morgan fingerprint density at radius 3 is 2.34 bits per heavy atom. The molecule has 0 radical (unpaired) electrons. The molecule has 19 heteroatoms. The number of oxime groups is 1. The lowest BCUT2D eigenvalue weighted by Gasteiger charge is -2.19. The zero-order chi connectivity index (χ0) is 32.6. The fourth-order valence-corrected chi connectivity index (χ4v) is 3.94. The minimum atomic E-state index is -1.30. The summed E-state index contributed by atoms with van der Waals surface area (Å²) in [4.78, 5) is 67.6. The number of halogens is 1. The van der Waals surface area contributed by atoms with Gasteiger partial charge >= 0.3 is 17.9 Å². The molecule has 0 bridgehead atoms. The molecule has 3 atom stereocenters. The monoisotopic (exact) mass is 632 g/mol. The molecule has 0 saturated carbocycles. The highest BCUT2D eigenvalue weighted by Gasteiger charge is 2.31. The van der Waals surface area contributed by atoms with E-state index >= 15 is 0 Å². The van der Waals surface area contributed by atoms with Crippen molar-refractivity contribution in [3.63, 3.8) is 0 Å². The Balaban J connectivity index is 0.000000404. The summed E-state index contributed by atoms with van der Waals surface area (Å²) in [5, 5.41) is 32.3. The minimum absolute atomic E-state index is 0.0138. The molecule has 1 aromatic carbocycles. The molecule has 1 aliphatic rings. The first kappa shape index (κ1) is 33.1. The third-order valence-corrected chi connectivity index (χ3v) is 6.29. The maximum atomic E-state index is 12.4. The standard InChI is InChI=1S/C20H22N8O5.C5H7ClN2O3/c1-28(9-11-8-23-17-15(24-11)16(21)26-20(22)27-17)12-4-2-10(3-5-12)18(31)25-13(19(32)33)6-7-14(29)30;6-3-1-2(11-8-3)4(7)5(9)10/h2-5,8,13H,6-7,9H2,1H3,(H,25,31)(H,29,30)(H,32,33)(H4,21,22,23,26,27);2,4H,1,7H2,(H,9,10)/t13-;2-,4-/m00/s1. The molecule has 0 saturated heterocycles. The molecule has 1 aliphatic heterocycles. The SMILES string of the molecule is CN(Cc1cnc2nc(N)nc(N)c2n1)c1ccc(C(=O)N[C@@H](CCC(=O)O)C(=O)O)cc1.N[C@H](C(=O)O)[C@@H]1CC(Cl)=NO1. The van der Waals surface area contributed by atoms with E-state index in [1.54, 1.807) is 18.3 Å². The van der Waals surface area contributed by atoms with Crippen LogP contribution in [0.3, 0.4) is 0 Å². The van der Waals surface area contributed by atoms with E-state index < -0.39 is 42.0 Å². The zero-order valence-corrected chi connectivity index (χ0v) is 23.9. The van der Waals surface area contributed by atoms with Crippen LogP contribution in [0, 0.1) is 0 Å². The molecule has 0 spiro atoms. The Hall–Kier alpha value is -5.36. The van der Waals surface area contributed by atoms with Crippen LogP contribution in [0.5, 0.6) is 0 Å². The smallest absolute Gasteiger partial charge is 0.326 e. The molecule has 2 aromatic heterocycles. The molecular formula is C25H29ClN10O8. The van der Waals surface area contributed by atoms with Crippen molar-refractivity contribution in [2.24, 2.45) is 10.9 Å². The van der Waals surface area contributed by atoms with Crippen molar-refractivity contribution in [1.29, 1.82) is 0 Å². The summed E-state index contributed by atoms with van der Waals surface area (Å²) in [5.41, 5.74) is 18.9. The van der Waals surface area contributed by atoms with E-state index in [0.29, 0.717) is 23.4 Å². The van der Waals surface area contributed by atoms with Crippen molar-refractivity contribution < 1.29 is 39.3 Å². The molecule has 1 amide bonds. The van der Waals surface area contributed by atoms with Gasteiger partial charge in [0.05, 0.1) is 18.4 Å². The Morgan fingerprint density at radius 2 is 1.77 bits per heavy atom. The van der Waals surface area contributed by atoms with E-state index in [2.05, 4.69) is 35.2 Å². The lowest BCUT2D eigenvalue weighted by molar-refractivity contribution is -0.142. The van der Waals surface area contributed by atoms with E-state index in [-0.39, 0.29) is 41.8 Å². The highest BCUT2D eigenvalue weighted by Crippen LogP contribution is 2.19. The van der Waals surface area contributed by atoms with E-state index in [9.17, 15) is 24.3 Å². The number of fused-ring (bicyclic) bond motifs is 1. The molecular weight excluding hydrogens is 604 g/mol. The molecule has 0 fully saturated rings. The van der Waals surface area contributed by atoms with Gasteiger partial charge in [-0.15, -0.1) is 0 Å². The van der Waals surface area contributed by atoms with Gasteiger partial charge in [0.1, 0.15) is 17.3 Å². The van der Waals surface area contributed by atoms with Crippen molar-refractivity contribution >= 4 is 69.2 Å². The topological polar surface area (TPSA) is 295 Å². The van der Waals surface area contributed by atoms with Gasteiger partial charge in [0.15, 0.2) is 23.1 Å². The number of aromatic nitrogens is 4. The third kappa shape index (κ3) is 9.07. The molecule has 10 N–H and O–H groups in total. The van der Waals surface area contributed by atoms with Crippen LogP contribution < -0.4 is 27.4 Å². The van der Waals surface area contributed by atoms with Crippen LogP contribution in [0.2, 0.25) is 0 Å². The fraction of sp³-hybridized carbons (Fsp3) is 0.320. The number of nitrogen functional groups attached to an aromatic ring is 2. The lowest BCUT2D eigenvalue weighted by atomic mass is 10.1. The van der Waals surface area contributed by atoms with Crippen LogP contribution in [-0.4, -0.2) is 89.5 Å². The number of benzene rings is 1. The van der Waals surface area contributed by atoms with Crippen molar-refractivity contribution in [3.05, 3.63) is 41.7 Å². The molecule has 3 aromatic rings. The summed E-state index contributed by atoms with van der Waals surface area (Å²) < 4.78 is 0. The number of amides is 1. The van der Waals surface area contributed by atoms with E-state index in [1.807, 2.05) is 11.9 Å². The second-order valence-electron chi connectivity index (χ2n) is 9.38. The number of carbonyl (C=O) groups excluding carboxylic acids is 1. The van der Waals surface area contributed by atoms with Crippen LogP contribution in [0.4, 0.5) is 17.5 Å². The molecule has 0 unspecified atom stereocenters. The molecule has 4 rings (SSSR count). The third-order valence-electron chi connectivity index (χ3n) is 6.06. The highest BCUT2D eigenvalue weighted by molar-refractivity contribution is 6.65. The Morgan fingerprint density at radius 1 is 1.09 bits per heavy atom. The van der Waals surface area contributed by atoms with Crippen molar-refractivity contribution in [2.75, 3.05) is 23.4 Å². The van der Waals surface area contributed by atoms with Crippen molar-refractivity contribution in [1.82, 2.24) is 25.3 Å². The summed E-state index contributed by atoms with van der Waals surface area (Å²) in [6.45, 7) is 0.370. The second-order valence-corrected chi connectivity index (χ2v) is 9.82. The van der Waals surface area contributed by atoms with Crippen molar-refractivity contribution in [3.8, 4) is 0 Å². The predicted molar refractivity (Wildman–Crippen MR) is 157 cm³/mol. The zero-order valence-electron chi connectivity index (χ0n) is 23.1. The van der Waals surface area contributed by atoms with Gasteiger partial charge in [-0.25, -0.2) is 14.8 Å². The number of nitrogens with zero attached hydrogens (tertiary/aromatic N) is 6. The normalized spacial score (nSPS) is 15.2. The summed E-state index contributed by atoms with van der Waals surface area (Å²) in [6.07, 6.45) is 0.612. The number of aliphatic carboxylic acids is 3. The minimum Gasteiger partial charge on any atom is -0.481 e. The van der Waals surface area contributed by atoms with Gasteiger partial charge in [0, 0.05) is 31.1 Å². The lowest BCUT2D eigenvalue weighted by Crippen LogP contribution is -2.41. The summed E-state index contributed by atoms with van der Waals surface area (Å²) in [7, 11) is 1.82. The van der Waals surface area contributed by atoms with Gasteiger partial charge in [0.25, 0.3) is 5.91 Å². The summed E-state index contributed by atoms with van der Waals surface area (Å²) in [5.74, 6) is -4.02. The van der Waals surface area contributed by atoms with Crippen LogP contribution in [0.15, 0.2) is 35.6 Å². The van der Waals surface area contributed by atoms with E-state index in [1.165, 1.54) is 12.1 Å². The first-order chi connectivity index (χ1) is 20.7. The Labute approximate surface area is 253 Å². The second kappa shape index (κ2) is 14.7. The number of hydrogen-bond acceptors (Lipinski definition) is 14. The number of carbonyl (C=O) groups is 4. The molecule has 18 nitrogen and oxygen atoms in total. The van der Waals surface area contributed by atoms with E-state index in [0.717, 1.165) is 5.69 Å². The summed E-state index contributed by atoms with van der Waals surface area (Å²) >= 11 is 5.43. The Kier molecular flexibility index (Phi) is 11.1. The van der Waals surface area contributed by atoms with Gasteiger partial charge < -0.3 is 47.6 Å². The maximum absolute atomic E-state index is 12.4. The molecule has 3 heterocycles. The number of nitrogens with two attached hydrogens (primary N) is 3. The number of hydrogen-bond donors (Lipinski definition) is 7.